The highest BCUT2D eigenvalue weighted by molar-refractivity contribution is 5.76. The van der Waals surface area contributed by atoms with E-state index in [4.69, 9.17) is 0 Å². The Labute approximate surface area is 148 Å². The fourth-order valence-corrected chi connectivity index (χ4v) is 4.79. The number of nitrogens with one attached hydrogen (secondary N) is 1. The molecule has 24 heavy (non-hydrogen) atoms. The standard InChI is InChI=1S/C20H37N3O/c24-20(8-7-18-9-11-21-12-10-18)23-14-4-13-22(15-16-23)17-19-5-2-1-3-6-19/h18-19,21H,1-17H2. The second kappa shape index (κ2) is 9.76. The summed E-state index contributed by atoms with van der Waals surface area (Å²) in [7, 11) is 0. The maximum atomic E-state index is 12.6. The molecular weight excluding hydrogens is 298 g/mol. The van der Waals surface area contributed by atoms with E-state index in [0.29, 0.717) is 5.91 Å². The third-order valence-corrected chi connectivity index (χ3v) is 6.41. The van der Waals surface area contributed by atoms with Crippen LogP contribution in [0.4, 0.5) is 0 Å². The molecule has 2 aliphatic heterocycles. The van der Waals surface area contributed by atoms with Gasteiger partial charge in [0.15, 0.2) is 0 Å². The SMILES string of the molecule is O=C(CCC1CCNCC1)N1CCCN(CC2CCCCC2)CC1. The van der Waals surface area contributed by atoms with Gasteiger partial charge in [0.25, 0.3) is 0 Å². The van der Waals surface area contributed by atoms with Gasteiger partial charge in [-0.15, -0.1) is 0 Å². The topological polar surface area (TPSA) is 35.6 Å². The lowest BCUT2D eigenvalue weighted by atomic mass is 9.89. The summed E-state index contributed by atoms with van der Waals surface area (Å²) in [6, 6.07) is 0. The van der Waals surface area contributed by atoms with Crippen molar-refractivity contribution in [3.63, 3.8) is 0 Å². The molecule has 2 saturated heterocycles. The van der Waals surface area contributed by atoms with Crippen LogP contribution >= 0.6 is 0 Å². The van der Waals surface area contributed by atoms with E-state index >= 15 is 0 Å². The fraction of sp³-hybridized carbons (Fsp3) is 0.950. The van der Waals surface area contributed by atoms with Crippen LogP contribution < -0.4 is 5.32 Å². The van der Waals surface area contributed by atoms with Crippen molar-refractivity contribution in [1.82, 2.24) is 15.1 Å². The summed E-state index contributed by atoms with van der Waals surface area (Å²) in [4.78, 5) is 17.4. The van der Waals surface area contributed by atoms with Gasteiger partial charge < -0.3 is 15.1 Å². The van der Waals surface area contributed by atoms with Crippen LogP contribution in [0.3, 0.4) is 0 Å². The highest BCUT2D eigenvalue weighted by Gasteiger charge is 2.23. The van der Waals surface area contributed by atoms with Crippen LogP contribution in [0.5, 0.6) is 0 Å². The highest BCUT2D eigenvalue weighted by Crippen LogP contribution is 2.25. The Morgan fingerprint density at radius 3 is 2.42 bits per heavy atom. The first-order valence-corrected chi connectivity index (χ1v) is 10.5. The summed E-state index contributed by atoms with van der Waals surface area (Å²) >= 11 is 0. The smallest absolute Gasteiger partial charge is 0.222 e. The minimum atomic E-state index is 0.410. The van der Waals surface area contributed by atoms with E-state index in [-0.39, 0.29) is 0 Å². The summed E-state index contributed by atoms with van der Waals surface area (Å²) < 4.78 is 0. The van der Waals surface area contributed by atoms with Gasteiger partial charge in [0.2, 0.25) is 5.91 Å². The van der Waals surface area contributed by atoms with Crippen LogP contribution in [0.15, 0.2) is 0 Å². The molecule has 138 valence electrons. The largest absolute Gasteiger partial charge is 0.341 e. The maximum Gasteiger partial charge on any atom is 0.222 e. The first kappa shape index (κ1) is 18.2. The molecule has 3 rings (SSSR count). The van der Waals surface area contributed by atoms with Gasteiger partial charge in [-0.2, -0.15) is 0 Å². The summed E-state index contributed by atoms with van der Waals surface area (Å²) in [5, 5.41) is 3.41. The van der Waals surface area contributed by atoms with Crippen LogP contribution in [0.2, 0.25) is 0 Å². The Kier molecular flexibility index (Phi) is 7.40. The zero-order chi connectivity index (χ0) is 16.6. The van der Waals surface area contributed by atoms with Gasteiger partial charge in [0.05, 0.1) is 0 Å². The van der Waals surface area contributed by atoms with Crippen molar-refractivity contribution in [3.8, 4) is 0 Å². The molecule has 1 aliphatic carbocycles. The van der Waals surface area contributed by atoms with Gasteiger partial charge in [0.1, 0.15) is 0 Å². The molecule has 2 heterocycles. The lowest BCUT2D eigenvalue weighted by Gasteiger charge is -2.29. The highest BCUT2D eigenvalue weighted by atomic mass is 16.2. The number of hydrogen-bond acceptors (Lipinski definition) is 3. The van der Waals surface area contributed by atoms with E-state index in [0.717, 1.165) is 63.8 Å². The lowest BCUT2D eigenvalue weighted by Crippen LogP contribution is -2.37. The predicted octanol–water partition coefficient (Wildman–Crippen LogP) is 2.88. The third-order valence-electron chi connectivity index (χ3n) is 6.41. The molecule has 0 aromatic heterocycles. The van der Waals surface area contributed by atoms with Crippen LogP contribution in [-0.2, 0) is 4.79 Å². The minimum Gasteiger partial charge on any atom is -0.341 e. The van der Waals surface area contributed by atoms with E-state index in [1.54, 1.807) is 0 Å². The number of hydrogen-bond donors (Lipinski definition) is 1. The zero-order valence-corrected chi connectivity index (χ0v) is 15.5. The van der Waals surface area contributed by atoms with Gasteiger partial charge in [0, 0.05) is 32.6 Å². The third kappa shape index (κ3) is 5.73. The van der Waals surface area contributed by atoms with E-state index in [1.165, 1.54) is 58.0 Å². The van der Waals surface area contributed by atoms with Crippen LogP contribution in [-0.4, -0.2) is 61.5 Å². The number of piperidine rings is 1. The molecule has 0 aromatic rings. The lowest BCUT2D eigenvalue weighted by molar-refractivity contribution is -0.131. The molecule has 0 bridgehead atoms. The number of carbonyl (C=O) groups excluding carboxylic acids is 1. The van der Waals surface area contributed by atoms with E-state index < -0.39 is 0 Å². The normalized spacial score (nSPS) is 25.6. The van der Waals surface area contributed by atoms with Gasteiger partial charge in [-0.05, 0) is 70.0 Å². The second-order valence-corrected chi connectivity index (χ2v) is 8.27. The Morgan fingerprint density at radius 2 is 1.62 bits per heavy atom. The van der Waals surface area contributed by atoms with Gasteiger partial charge in [-0.25, -0.2) is 0 Å². The van der Waals surface area contributed by atoms with E-state index in [9.17, 15) is 4.79 Å². The Morgan fingerprint density at radius 1 is 0.833 bits per heavy atom. The van der Waals surface area contributed by atoms with Crippen molar-refractivity contribution >= 4 is 5.91 Å². The molecule has 0 radical (unpaired) electrons. The number of rotatable bonds is 5. The first-order chi connectivity index (χ1) is 11.8. The minimum absolute atomic E-state index is 0.410. The molecule has 0 atom stereocenters. The average molecular weight is 336 g/mol. The predicted molar refractivity (Wildman–Crippen MR) is 99.0 cm³/mol. The van der Waals surface area contributed by atoms with Crippen LogP contribution in [0.25, 0.3) is 0 Å². The molecule has 4 heteroatoms. The average Bonchev–Trinajstić information content (AvgIpc) is 2.87. The molecule has 3 aliphatic rings. The van der Waals surface area contributed by atoms with E-state index in [1.807, 2.05) is 0 Å². The molecule has 4 nitrogen and oxygen atoms in total. The van der Waals surface area contributed by atoms with Crippen molar-refractivity contribution in [2.45, 2.75) is 64.2 Å². The number of carbonyl (C=O) groups is 1. The Bertz CT molecular complexity index is 375. The van der Waals surface area contributed by atoms with E-state index in [2.05, 4.69) is 15.1 Å². The van der Waals surface area contributed by atoms with Gasteiger partial charge in [-0.3, -0.25) is 4.79 Å². The van der Waals surface area contributed by atoms with Crippen LogP contribution in [0, 0.1) is 11.8 Å². The molecule has 0 unspecified atom stereocenters. The van der Waals surface area contributed by atoms with Crippen molar-refractivity contribution < 1.29 is 4.79 Å². The molecule has 1 N–H and O–H groups in total. The van der Waals surface area contributed by atoms with Crippen molar-refractivity contribution in [2.24, 2.45) is 11.8 Å². The molecule has 1 saturated carbocycles. The zero-order valence-electron chi connectivity index (χ0n) is 15.5. The second-order valence-electron chi connectivity index (χ2n) is 8.27. The van der Waals surface area contributed by atoms with Gasteiger partial charge >= 0.3 is 0 Å². The van der Waals surface area contributed by atoms with Crippen molar-refractivity contribution in [3.05, 3.63) is 0 Å². The quantitative estimate of drug-likeness (QED) is 0.839. The van der Waals surface area contributed by atoms with Crippen molar-refractivity contribution in [2.75, 3.05) is 45.8 Å². The molecule has 0 aromatic carbocycles. The monoisotopic (exact) mass is 335 g/mol. The summed E-state index contributed by atoms with van der Waals surface area (Å²) in [5.74, 6) is 2.10. The number of nitrogens with zero attached hydrogens (tertiary/aromatic N) is 2. The Balaban J connectivity index is 1.36. The summed E-state index contributed by atoms with van der Waals surface area (Å²) in [6.45, 7) is 7.77. The molecular formula is C20H37N3O. The fourth-order valence-electron chi connectivity index (χ4n) is 4.79. The van der Waals surface area contributed by atoms with Gasteiger partial charge in [-0.1, -0.05) is 19.3 Å². The summed E-state index contributed by atoms with van der Waals surface area (Å²) in [5.41, 5.74) is 0. The van der Waals surface area contributed by atoms with Crippen LogP contribution in [0.1, 0.15) is 64.2 Å². The number of amides is 1. The van der Waals surface area contributed by atoms with Crippen molar-refractivity contribution in [1.29, 1.82) is 0 Å². The maximum absolute atomic E-state index is 12.6. The molecule has 3 fully saturated rings. The molecule has 0 spiro atoms. The Hall–Kier alpha value is -0.610. The first-order valence-electron chi connectivity index (χ1n) is 10.5. The summed E-state index contributed by atoms with van der Waals surface area (Å²) in [6.07, 6.45) is 12.7. The molecule has 1 amide bonds.